The minimum absolute atomic E-state index is 0.0979. The molecule has 0 spiro atoms. The Kier molecular flexibility index (Phi) is 6.05. The number of nitrogens with zero attached hydrogens (tertiary/aromatic N) is 2. The topological polar surface area (TPSA) is 99.8 Å². The van der Waals surface area contributed by atoms with Gasteiger partial charge in [-0.25, -0.2) is 9.78 Å². The fourth-order valence-corrected chi connectivity index (χ4v) is 3.43. The Labute approximate surface area is 150 Å². The maximum absolute atomic E-state index is 11.8. The minimum atomic E-state index is -0.504. The van der Waals surface area contributed by atoms with E-state index in [0.29, 0.717) is 17.6 Å². The zero-order valence-corrected chi connectivity index (χ0v) is 14.6. The third-order valence-electron chi connectivity index (χ3n) is 4.11. The Hall–Kier alpha value is -2.35. The van der Waals surface area contributed by atoms with Gasteiger partial charge in [0.25, 0.3) is 0 Å². The Bertz CT molecular complexity index is 713. The van der Waals surface area contributed by atoms with Crippen molar-refractivity contribution in [1.29, 1.82) is 0 Å². The van der Waals surface area contributed by atoms with Gasteiger partial charge in [0.1, 0.15) is 5.82 Å². The number of hydrogen-bond acceptors (Lipinski definition) is 5. The van der Waals surface area contributed by atoms with E-state index in [-0.39, 0.29) is 11.7 Å². The minimum Gasteiger partial charge on any atom is -0.334 e. The van der Waals surface area contributed by atoms with Gasteiger partial charge in [-0.3, -0.25) is 15.2 Å². The summed E-state index contributed by atoms with van der Waals surface area (Å²) >= 11 is 1.22. The predicted octanol–water partition coefficient (Wildman–Crippen LogP) is 2.58. The molecule has 1 aromatic heterocycles. The highest BCUT2D eigenvalue weighted by atomic mass is 32.2. The van der Waals surface area contributed by atoms with E-state index in [0.717, 1.165) is 24.2 Å². The number of carbonyl (C=O) groups excluding carboxylic acids is 2. The number of aromatic nitrogens is 3. The van der Waals surface area contributed by atoms with Crippen LogP contribution in [0.15, 0.2) is 35.5 Å². The molecule has 0 saturated heterocycles. The lowest BCUT2D eigenvalue weighted by atomic mass is 10.1. The number of benzene rings is 1. The van der Waals surface area contributed by atoms with Crippen LogP contribution in [-0.2, 0) is 11.3 Å². The molecule has 1 heterocycles. The first kappa shape index (κ1) is 17.5. The largest absolute Gasteiger partial charge is 0.334 e. The van der Waals surface area contributed by atoms with Gasteiger partial charge in [-0.1, -0.05) is 54.9 Å². The molecule has 132 valence electrons. The summed E-state index contributed by atoms with van der Waals surface area (Å²) in [4.78, 5) is 28.0. The average molecular weight is 359 g/mol. The van der Waals surface area contributed by atoms with E-state index >= 15 is 0 Å². The molecule has 7 nitrogen and oxygen atoms in total. The van der Waals surface area contributed by atoms with Gasteiger partial charge >= 0.3 is 6.03 Å². The standard InChI is InChI=1S/C17H21N5O2S/c23-14(19-16(24)18-10-12-6-2-1-3-7-12)11-25-17-20-15(21-22-17)13-8-4-5-9-13/h1-3,6-7,13H,4-5,8-11H2,(H,20,21,22)(H2,18,19,23,24). The number of H-pyrrole nitrogens is 1. The Morgan fingerprint density at radius 1 is 1.20 bits per heavy atom. The lowest BCUT2D eigenvalue weighted by molar-refractivity contribution is -0.117. The maximum Gasteiger partial charge on any atom is 0.321 e. The number of aromatic amines is 1. The number of carbonyl (C=O) groups is 2. The normalized spacial score (nSPS) is 14.4. The van der Waals surface area contributed by atoms with Crippen molar-refractivity contribution in [3.8, 4) is 0 Å². The van der Waals surface area contributed by atoms with E-state index in [9.17, 15) is 9.59 Å². The van der Waals surface area contributed by atoms with Crippen molar-refractivity contribution in [3.05, 3.63) is 41.7 Å². The molecule has 0 bridgehead atoms. The van der Waals surface area contributed by atoms with Crippen LogP contribution in [-0.4, -0.2) is 32.9 Å². The molecule has 1 aliphatic rings. The number of rotatable bonds is 6. The number of nitrogens with one attached hydrogen (secondary N) is 3. The molecular formula is C17H21N5O2S. The van der Waals surface area contributed by atoms with E-state index in [2.05, 4.69) is 25.8 Å². The lowest BCUT2D eigenvalue weighted by Crippen LogP contribution is -2.39. The van der Waals surface area contributed by atoms with Crippen LogP contribution in [0.2, 0.25) is 0 Å². The highest BCUT2D eigenvalue weighted by molar-refractivity contribution is 7.99. The molecule has 0 radical (unpaired) electrons. The molecule has 3 amide bonds. The number of thioether (sulfide) groups is 1. The van der Waals surface area contributed by atoms with Crippen LogP contribution in [0.1, 0.15) is 43.0 Å². The van der Waals surface area contributed by atoms with Crippen LogP contribution in [0.4, 0.5) is 4.79 Å². The number of hydrogen-bond donors (Lipinski definition) is 3. The summed E-state index contributed by atoms with van der Waals surface area (Å²) in [6.45, 7) is 0.374. The van der Waals surface area contributed by atoms with Crippen molar-refractivity contribution in [1.82, 2.24) is 25.8 Å². The van der Waals surface area contributed by atoms with Crippen LogP contribution in [0, 0.1) is 0 Å². The van der Waals surface area contributed by atoms with Crippen LogP contribution in [0.5, 0.6) is 0 Å². The molecule has 25 heavy (non-hydrogen) atoms. The van der Waals surface area contributed by atoms with Crippen molar-refractivity contribution in [2.75, 3.05) is 5.75 Å². The van der Waals surface area contributed by atoms with Gasteiger partial charge in [0.2, 0.25) is 11.1 Å². The summed E-state index contributed by atoms with van der Waals surface area (Å²) < 4.78 is 0. The SMILES string of the molecule is O=C(CSc1n[nH]c(C2CCCC2)n1)NC(=O)NCc1ccccc1. The summed E-state index contributed by atoms with van der Waals surface area (Å²) in [7, 11) is 0. The van der Waals surface area contributed by atoms with E-state index < -0.39 is 6.03 Å². The summed E-state index contributed by atoms with van der Waals surface area (Å²) in [5.41, 5.74) is 0.972. The lowest BCUT2D eigenvalue weighted by Gasteiger charge is -2.06. The van der Waals surface area contributed by atoms with E-state index in [1.165, 1.54) is 24.6 Å². The second-order valence-electron chi connectivity index (χ2n) is 5.99. The molecule has 2 aromatic rings. The summed E-state index contributed by atoms with van der Waals surface area (Å²) in [6.07, 6.45) is 4.74. The third kappa shape index (κ3) is 5.32. The van der Waals surface area contributed by atoms with Crippen LogP contribution in [0.3, 0.4) is 0 Å². The van der Waals surface area contributed by atoms with Gasteiger partial charge in [-0.05, 0) is 18.4 Å². The molecule has 3 rings (SSSR count). The van der Waals surface area contributed by atoms with E-state index in [1.54, 1.807) is 0 Å². The van der Waals surface area contributed by atoms with Gasteiger partial charge in [-0.2, -0.15) is 0 Å². The maximum atomic E-state index is 11.8. The zero-order chi connectivity index (χ0) is 17.5. The van der Waals surface area contributed by atoms with Gasteiger partial charge in [0.15, 0.2) is 0 Å². The molecule has 3 N–H and O–H groups in total. The molecule has 0 atom stereocenters. The van der Waals surface area contributed by atoms with Crippen LogP contribution in [0.25, 0.3) is 0 Å². The van der Waals surface area contributed by atoms with Crippen LogP contribution >= 0.6 is 11.8 Å². The van der Waals surface area contributed by atoms with E-state index in [4.69, 9.17) is 0 Å². The van der Waals surface area contributed by atoms with Crippen LogP contribution < -0.4 is 10.6 Å². The quantitative estimate of drug-likeness (QED) is 0.689. The number of urea groups is 1. The first-order chi connectivity index (χ1) is 12.2. The molecule has 8 heteroatoms. The second kappa shape index (κ2) is 8.66. The van der Waals surface area contributed by atoms with E-state index in [1.807, 2.05) is 30.3 Å². The van der Waals surface area contributed by atoms with Gasteiger partial charge in [0.05, 0.1) is 5.75 Å². The Balaban J connectivity index is 1.38. The summed E-state index contributed by atoms with van der Waals surface area (Å²) in [5, 5.41) is 12.6. The molecule has 0 aliphatic heterocycles. The summed E-state index contributed by atoms with van der Waals surface area (Å²) in [5.74, 6) is 1.09. The Morgan fingerprint density at radius 3 is 2.72 bits per heavy atom. The molecular weight excluding hydrogens is 338 g/mol. The average Bonchev–Trinajstić information content (AvgIpc) is 3.30. The first-order valence-corrected chi connectivity index (χ1v) is 9.36. The highest BCUT2D eigenvalue weighted by Gasteiger charge is 2.21. The smallest absolute Gasteiger partial charge is 0.321 e. The summed E-state index contributed by atoms with van der Waals surface area (Å²) in [6, 6.07) is 9.01. The second-order valence-corrected chi connectivity index (χ2v) is 6.93. The van der Waals surface area contributed by atoms with Crippen molar-refractivity contribution in [2.24, 2.45) is 0 Å². The fourth-order valence-electron chi connectivity index (χ4n) is 2.82. The number of imide groups is 1. The molecule has 1 aromatic carbocycles. The first-order valence-electron chi connectivity index (χ1n) is 8.37. The monoisotopic (exact) mass is 359 g/mol. The fraction of sp³-hybridized carbons (Fsp3) is 0.412. The van der Waals surface area contributed by atoms with Crippen molar-refractivity contribution >= 4 is 23.7 Å². The molecule has 1 fully saturated rings. The zero-order valence-electron chi connectivity index (χ0n) is 13.8. The predicted molar refractivity (Wildman–Crippen MR) is 95.1 cm³/mol. The Morgan fingerprint density at radius 2 is 1.96 bits per heavy atom. The van der Waals surface area contributed by atoms with Gasteiger partial charge < -0.3 is 5.32 Å². The molecule has 1 aliphatic carbocycles. The number of amides is 3. The van der Waals surface area contributed by atoms with Crippen molar-refractivity contribution < 1.29 is 9.59 Å². The molecule has 1 saturated carbocycles. The van der Waals surface area contributed by atoms with Gasteiger partial charge in [-0.15, -0.1) is 5.10 Å². The van der Waals surface area contributed by atoms with Crippen molar-refractivity contribution in [2.45, 2.75) is 43.3 Å². The van der Waals surface area contributed by atoms with Crippen molar-refractivity contribution in [3.63, 3.8) is 0 Å². The molecule has 0 unspecified atom stereocenters. The van der Waals surface area contributed by atoms with Gasteiger partial charge in [0, 0.05) is 12.5 Å². The third-order valence-corrected chi connectivity index (χ3v) is 4.95. The highest BCUT2D eigenvalue weighted by Crippen LogP contribution is 2.32.